The van der Waals surface area contributed by atoms with Gasteiger partial charge in [-0.25, -0.2) is 0 Å². The van der Waals surface area contributed by atoms with Crippen molar-refractivity contribution < 1.29 is 27.0 Å². The molecule has 0 N–H and O–H groups in total. The number of fused-ring (bicyclic) bond motifs is 1. The fraction of sp³-hybridized carbons (Fsp3) is 0.333. The highest BCUT2D eigenvalue weighted by atomic mass is 32.2. The second-order valence-electron chi connectivity index (χ2n) is 5.49. The second-order valence-corrected chi connectivity index (χ2v) is 7.11. The van der Waals surface area contributed by atoms with Crippen molar-refractivity contribution >= 4 is 15.8 Å². The van der Waals surface area contributed by atoms with Crippen molar-refractivity contribution in [2.24, 2.45) is 0 Å². The summed E-state index contributed by atoms with van der Waals surface area (Å²) in [5.41, 5.74) is 0.789. The maximum Gasteiger partial charge on any atom is 0.297 e. The number of nitrogens with zero attached hydrogens (tertiary/aromatic N) is 1. The standard InChI is InChI=1S/C16H15NO7S.C2H6/c1-11-2-5-14(6-3-11)25(20,21)23-10-13-9-22-15-7-4-12(17(18)19)8-16(15)24-13;1-2/h2-8,13H,9-10H2,1H3;1-2H3. The molecule has 0 aromatic heterocycles. The highest BCUT2D eigenvalue weighted by molar-refractivity contribution is 7.86. The lowest BCUT2D eigenvalue weighted by molar-refractivity contribution is -0.385. The minimum atomic E-state index is -3.92. The number of nitro benzene ring substituents is 1. The van der Waals surface area contributed by atoms with Crippen LogP contribution in [0.25, 0.3) is 0 Å². The van der Waals surface area contributed by atoms with Gasteiger partial charge in [-0.05, 0) is 25.1 Å². The van der Waals surface area contributed by atoms with Crippen molar-refractivity contribution in [3.63, 3.8) is 0 Å². The van der Waals surface area contributed by atoms with Gasteiger partial charge in [-0.1, -0.05) is 31.5 Å². The lowest BCUT2D eigenvalue weighted by Crippen LogP contribution is -2.34. The smallest absolute Gasteiger partial charge is 0.297 e. The lowest BCUT2D eigenvalue weighted by atomic mass is 10.2. The van der Waals surface area contributed by atoms with E-state index < -0.39 is 21.1 Å². The molecular formula is C18H21NO7S. The molecule has 0 radical (unpaired) electrons. The summed E-state index contributed by atoms with van der Waals surface area (Å²) in [7, 11) is -3.92. The van der Waals surface area contributed by atoms with E-state index in [2.05, 4.69) is 0 Å². The van der Waals surface area contributed by atoms with E-state index in [4.69, 9.17) is 13.7 Å². The molecule has 1 aliphatic rings. The Morgan fingerprint density at radius 1 is 1.15 bits per heavy atom. The van der Waals surface area contributed by atoms with E-state index in [1.165, 1.54) is 30.3 Å². The monoisotopic (exact) mass is 395 g/mol. The Hall–Kier alpha value is -2.65. The number of aryl methyl sites for hydroxylation is 1. The van der Waals surface area contributed by atoms with Crippen molar-refractivity contribution in [3.05, 3.63) is 58.1 Å². The predicted octanol–water partition coefficient (Wildman–Crippen LogP) is 3.47. The van der Waals surface area contributed by atoms with E-state index in [0.29, 0.717) is 5.75 Å². The molecule has 9 heteroatoms. The van der Waals surface area contributed by atoms with Crippen LogP contribution in [0, 0.1) is 17.0 Å². The van der Waals surface area contributed by atoms with Crippen molar-refractivity contribution in [3.8, 4) is 11.5 Å². The zero-order valence-corrected chi connectivity index (χ0v) is 16.1. The average molecular weight is 395 g/mol. The van der Waals surface area contributed by atoms with Gasteiger partial charge in [0.05, 0.1) is 15.9 Å². The maximum absolute atomic E-state index is 12.2. The zero-order valence-electron chi connectivity index (χ0n) is 15.2. The van der Waals surface area contributed by atoms with Gasteiger partial charge in [0.25, 0.3) is 15.8 Å². The van der Waals surface area contributed by atoms with Gasteiger partial charge in [0.1, 0.15) is 13.2 Å². The summed E-state index contributed by atoms with van der Waals surface area (Å²) < 4.78 is 40.3. The van der Waals surface area contributed by atoms with Gasteiger partial charge in [0, 0.05) is 6.07 Å². The van der Waals surface area contributed by atoms with Crippen LogP contribution in [-0.4, -0.2) is 32.7 Å². The molecule has 0 spiro atoms. The summed E-state index contributed by atoms with van der Waals surface area (Å²) in [5, 5.41) is 10.8. The van der Waals surface area contributed by atoms with Gasteiger partial charge in [-0.3, -0.25) is 14.3 Å². The quantitative estimate of drug-likeness (QED) is 0.433. The number of hydrogen-bond donors (Lipinski definition) is 0. The Labute approximate surface area is 158 Å². The third kappa shape index (κ3) is 5.18. The Morgan fingerprint density at radius 3 is 2.44 bits per heavy atom. The molecule has 0 saturated heterocycles. The summed E-state index contributed by atoms with van der Waals surface area (Å²) in [6, 6.07) is 10.2. The van der Waals surface area contributed by atoms with E-state index in [1.807, 2.05) is 20.8 Å². The van der Waals surface area contributed by atoms with Gasteiger partial charge in [0.2, 0.25) is 0 Å². The van der Waals surface area contributed by atoms with Crippen molar-refractivity contribution in [1.82, 2.24) is 0 Å². The average Bonchev–Trinajstić information content (AvgIpc) is 2.67. The van der Waals surface area contributed by atoms with Crippen molar-refractivity contribution in [2.75, 3.05) is 13.2 Å². The topological polar surface area (TPSA) is 105 Å². The molecular weight excluding hydrogens is 374 g/mol. The molecule has 1 aliphatic heterocycles. The molecule has 3 rings (SSSR count). The minimum Gasteiger partial charge on any atom is -0.486 e. The van der Waals surface area contributed by atoms with E-state index in [9.17, 15) is 18.5 Å². The summed E-state index contributed by atoms with van der Waals surface area (Å²) in [6.45, 7) is 5.66. The number of benzene rings is 2. The highest BCUT2D eigenvalue weighted by Gasteiger charge is 2.26. The molecule has 2 aromatic carbocycles. The zero-order chi connectivity index (χ0) is 20.0. The Morgan fingerprint density at radius 2 is 1.81 bits per heavy atom. The van der Waals surface area contributed by atoms with Gasteiger partial charge in [-0.15, -0.1) is 0 Å². The van der Waals surface area contributed by atoms with Crippen LogP contribution in [0.15, 0.2) is 47.4 Å². The van der Waals surface area contributed by atoms with Crippen molar-refractivity contribution in [1.29, 1.82) is 0 Å². The molecule has 27 heavy (non-hydrogen) atoms. The normalized spacial score (nSPS) is 15.4. The van der Waals surface area contributed by atoms with E-state index >= 15 is 0 Å². The Bertz CT molecular complexity index is 894. The number of hydrogen-bond acceptors (Lipinski definition) is 7. The Kier molecular flexibility index (Phi) is 6.75. The SMILES string of the molecule is CC.Cc1ccc(S(=O)(=O)OCC2COc3ccc([N+](=O)[O-])cc3O2)cc1. The third-order valence-electron chi connectivity index (χ3n) is 3.58. The first kappa shape index (κ1) is 20.7. The number of non-ortho nitro benzene ring substituents is 1. The lowest BCUT2D eigenvalue weighted by Gasteiger charge is -2.25. The van der Waals surface area contributed by atoms with Gasteiger partial charge in [0.15, 0.2) is 17.6 Å². The molecule has 0 aliphatic carbocycles. The summed E-state index contributed by atoms with van der Waals surface area (Å²) in [4.78, 5) is 10.3. The van der Waals surface area contributed by atoms with Crippen LogP contribution in [0.5, 0.6) is 11.5 Å². The van der Waals surface area contributed by atoms with Gasteiger partial charge in [-0.2, -0.15) is 8.42 Å². The maximum atomic E-state index is 12.2. The number of ether oxygens (including phenoxy) is 2. The molecule has 0 saturated carbocycles. The molecule has 1 heterocycles. The first-order valence-corrected chi connectivity index (χ1v) is 9.80. The number of nitro groups is 1. The fourth-order valence-electron chi connectivity index (χ4n) is 2.24. The van der Waals surface area contributed by atoms with E-state index in [1.54, 1.807) is 12.1 Å². The van der Waals surface area contributed by atoms with Crippen LogP contribution in [0.1, 0.15) is 19.4 Å². The van der Waals surface area contributed by atoms with E-state index in [0.717, 1.165) is 5.56 Å². The molecule has 0 amide bonds. The highest BCUT2D eigenvalue weighted by Crippen LogP contribution is 2.35. The number of rotatable bonds is 5. The van der Waals surface area contributed by atoms with Crippen LogP contribution in [0.3, 0.4) is 0 Å². The van der Waals surface area contributed by atoms with Gasteiger partial charge < -0.3 is 9.47 Å². The molecule has 146 valence electrons. The second kappa shape index (κ2) is 8.83. The summed E-state index contributed by atoms with van der Waals surface area (Å²) in [6.07, 6.45) is -0.699. The molecule has 0 bridgehead atoms. The Balaban J connectivity index is 0.00000126. The molecule has 8 nitrogen and oxygen atoms in total. The largest absolute Gasteiger partial charge is 0.486 e. The third-order valence-corrected chi connectivity index (χ3v) is 4.87. The van der Waals surface area contributed by atoms with Crippen LogP contribution in [-0.2, 0) is 14.3 Å². The van der Waals surface area contributed by atoms with E-state index in [-0.39, 0.29) is 29.5 Å². The predicted molar refractivity (Wildman–Crippen MR) is 98.7 cm³/mol. The minimum absolute atomic E-state index is 0.0471. The molecule has 1 unspecified atom stereocenters. The summed E-state index contributed by atoms with van der Waals surface area (Å²) >= 11 is 0. The first-order chi connectivity index (χ1) is 12.8. The molecule has 1 atom stereocenters. The van der Waals surface area contributed by atoms with Crippen LogP contribution in [0.4, 0.5) is 5.69 Å². The molecule has 2 aromatic rings. The molecule has 0 fully saturated rings. The fourth-order valence-corrected chi connectivity index (χ4v) is 3.17. The van der Waals surface area contributed by atoms with Crippen LogP contribution < -0.4 is 9.47 Å². The summed E-state index contributed by atoms with van der Waals surface area (Å²) in [5.74, 6) is 0.546. The van der Waals surface area contributed by atoms with Crippen molar-refractivity contribution in [2.45, 2.75) is 31.8 Å². The van der Waals surface area contributed by atoms with Crippen LogP contribution in [0.2, 0.25) is 0 Å². The van der Waals surface area contributed by atoms with Crippen LogP contribution >= 0.6 is 0 Å². The van der Waals surface area contributed by atoms with Gasteiger partial charge >= 0.3 is 0 Å². The first-order valence-electron chi connectivity index (χ1n) is 8.39.